The first-order valence-electron chi connectivity index (χ1n) is 15.5. The van der Waals surface area contributed by atoms with Crippen molar-refractivity contribution in [2.75, 3.05) is 20.6 Å². The number of carboxylic acid groups (broad SMARTS) is 1. The average Bonchev–Trinajstić information content (AvgIpc) is 3.42. The number of benzene rings is 1. The summed E-state index contributed by atoms with van der Waals surface area (Å²) in [6.07, 6.45) is 1.13. The molecule has 12 heteroatoms. The van der Waals surface area contributed by atoms with Gasteiger partial charge in [-0.05, 0) is 87.5 Å². The fourth-order valence-corrected chi connectivity index (χ4v) is 6.16. The highest BCUT2D eigenvalue weighted by molar-refractivity contribution is 5.84. The summed E-state index contributed by atoms with van der Waals surface area (Å²) in [6, 6.07) is 4.27. The van der Waals surface area contributed by atoms with Crippen molar-refractivity contribution in [3.8, 4) is 11.1 Å². The minimum atomic E-state index is -4.75. The Bertz CT molecular complexity index is 1820. The van der Waals surface area contributed by atoms with Crippen LogP contribution in [0.4, 0.5) is 13.2 Å². The number of likely N-dealkylation sites (N-methyl/N-ethyl adjacent to an activating group) is 1. The molecule has 0 bridgehead atoms. The number of hydrogen-bond acceptors (Lipinski definition) is 5. The summed E-state index contributed by atoms with van der Waals surface area (Å²) >= 11 is 0. The Morgan fingerprint density at radius 3 is 2.28 bits per heavy atom. The predicted octanol–water partition coefficient (Wildman–Crippen LogP) is 6.13. The van der Waals surface area contributed by atoms with Gasteiger partial charge in [-0.15, -0.1) is 0 Å². The van der Waals surface area contributed by atoms with Crippen molar-refractivity contribution < 1.29 is 27.9 Å². The SMILES string of the molecule is Cc1cc(C)c(-c2cc([C@H](CC(=O)O)NC(=O)[C@@H](CC(C)C)n3cc(CCN(C)C)c(C(F)(F)F)cc3=O)cn3ccnc23)c(C)c1. The number of carbonyl (C=O) groups is 2. The van der Waals surface area contributed by atoms with Crippen LogP contribution in [0, 0.1) is 26.7 Å². The molecule has 2 N–H and O–H groups in total. The Labute approximate surface area is 272 Å². The first-order valence-corrected chi connectivity index (χ1v) is 15.5. The molecule has 0 saturated carbocycles. The standard InChI is InChI=1S/C35H42F3N5O4/c1-20(2)12-29(43-19-24(8-10-41(6)7)27(16-30(43)44)35(36,37)38)34(47)40-28(17-31(45)46)25-15-26(33-39-9-11-42(33)18-25)32-22(4)13-21(3)14-23(32)5/h9,11,13-16,18-20,28-29H,8,10,12,17H2,1-7H3,(H,40,47)(H,45,46)/t28-,29+/m0/s1. The molecule has 1 aromatic carbocycles. The van der Waals surface area contributed by atoms with Crippen molar-refractivity contribution in [2.45, 2.75) is 72.1 Å². The summed E-state index contributed by atoms with van der Waals surface area (Å²) in [5, 5.41) is 12.7. The van der Waals surface area contributed by atoms with Gasteiger partial charge in [0.1, 0.15) is 11.7 Å². The molecule has 0 fully saturated rings. The van der Waals surface area contributed by atoms with Gasteiger partial charge in [-0.1, -0.05) is 31.5 Å². The number of aromatic nitrogens is 3. The van der Waals surface area contributed by atoms with E-state index in [0.29, 0.717) is 23.8 Å². The molecule has 0 aliphatic carbocycles. The Kier molecular flexibility index (Phi) is 10.6. The molecule has 0 radical (unpaired) electrons. The largest absolute Gasteiger partial charge is 0.481 e. The first kappa shape index (κ1) is 35.4. The number of carboxylic acids is 1. The van der Waals surface area contributed by atoms with Crippen molar-refractivity contribution in [1.82, 2.24) is 24.2 Å². The molecular formula is C35H42F3N5O4. The number of pyridine rings is 2. The maximum absolute atomic E-state index is 14.1. The van der Waals surface area contributed by atoms with Crippen molar-refractivity contribution in [3.63, 3.8) is 0 Å². The molecule has 0 aliphatic rings. The van der Waals surface area contributed by atoms with E-state index in [9.17, 15) is 32.7 Å². The van der Waals surface area contributed by atoms with Crippen LogP contribution in [0.5, 0.6) is 0 Å². The Morgan fingerprint density at radius 2 is 1.70 bits per heavy atom. The number of carbonyl (C=O) groups excluding carboxylic acids is 1. The number of halogens is 3. The van der Waals surface area contributed by atoms with E-state index >= 15 is 0 Å². The maximum Gasteiger partial charge on any atom is 0.416 e. The molecule has 47 heavy (non-hydrogen) atoms. The van der Waals surface area contributed by atoms with E-state index in [0.717, 1.165) is 38.6 Å². The number of aliphatic carboxylic acids is 1. The average molecular weight is 654 g/mol. The van der Waals surface area contributed by atoms with Crippen molar-refractivity contribution in [2.24, 2.45) is 5.92 Å². The van der Waals surface area contributed by atoms with Crippen LogP contribution in [0.3, 0.4) is 0 Å². The van der Waals surface area contributed by atoms with Crippen LogP contribution in [0.25, 0.3) is 16.8 Å². The number of hydrogen-bond donors (Lipinski definition) is 2. The lowest BCUT2D eigenvalue weighted by molar-refractivity contribution is -0.139. The summed E-state index contributed by atoms with van der Waals surface area (Å²) in [5.74, 6) is -1.95. The Hall–Kier alpha value is -4.45. The van der Waals surface area contributed by atoms with E-state index in [4.69, 9.17) is 0 Å². The third kappa shape index (κ3) is 8.29. The van der Waals surface area contributed by atoms with E-state index in [1.807, 2.05) is 40.7 Å². The topological polar surface area (TPSA) is 109 Å². The van der Waals surface area contributed by atoms with Crippen LogP contribution < -0.4 is 10.9 Å². The summed E-state index contributed by atoms with van der Waals surface area (Å²) < 4.78 is 44.7. The molecule has 4 rings (SSSR count). The zero-order valence-corrected chi connectivity index (χ0v) is 27.8. The smallest absolute Gasteiger partial charge is 0.416 e. The number of aryl methyl sites for hydroxylation is 3. The second kappa shape index (κ2) is 14.1. The second-order valence-electron chi connectivity index (χ2n) is 12.9. The lowest BCUT2D eigenvalue weighted by Gasteiger charge is -2.26. The maximum atomic E-state index is 14.1. The van der Waals surface area contributed by atoms with Gasteiger partial charge in [0.25, 0.3) is 5.56 Å². The van der Waals surface area contributed by atoms with Crippen molar-refractivity contribution >= 4 is 17.5 Å². The van der Waals surface area contributed by atoms with Crippen LogP contribution >= 0.6 is 0 Å². The molecule has 3 heterocycles. The van der Waals surface area contributed by atoms with Gasteiger partial charge >= 0.3 is 12.1 Å². The minimum absolute atomic E-state index is 0.00528. The fourth-order valence-electron chi connectivity index (χ4n) is 6.16. The zero-order chi connectivity index (χ0) is 34.8. The number of fused-ring (bicyclic) bond motifs is 1. The van der Waals surface area contributed by atoms with E-state index < -0.39 is 47.7 Å². The third-order valence-corrected chi connectivity index (χ3v) is 8.18. The first-order chi connectivity index (χ1) is 22.0. The normalized spacial score (nSPS) is 13.4. The fraction of sp³-hybridized carbons (Fsp3) is 0.429. The molecule has 0 spiro atoms. The van der Waals surface area contributed by atoms with Gasteiger partial charge in [-0.2, -0.15) is 13.2 Å². The van der Waals surface area contributed by atoms with E-state index in [1.165, 1.54) is 0 Å². The molecular weight excluding hydrogens is 611 g/mol. The van der Waals surface area contributed by atoms with Crippen LogP contribution in [-0.4, -0.2) is 56.5 Å². The summed E-state index contributed by atoms with van der Waals surface area (Å²) in [7, 11) is 3.46. The molecule has 3 aromatic heterocycles. The van der Waals surface area contributed by atoms with Gasteiger partial charge in [0.2, 0.25) is 5.91 Å². The van der Waals surface area contributed by atoms with Crippen LogP contribution in [0.2, 0.25) is 0 Å². The lowest BCUT2D eigenvalue weighted by Crippen LogP contribution is -2.40. The van der Waals surface area contributed by atoms with Crippen LogP contribution in [0.15, 0.2) is 53.8 Å². The molecule has 1 amide bonds. The van der Waals surface area contributed by atoms with Gasteiger partial charge in [-0.25, -0.2) is 4.98 Å². The molecule has 2 atom stereocenters. The molecule has 0 unspecified atom stereocenters. The number of nitrogens with zero attached hydrogens (tertiary/aromatic N) is 4. The number of imidazole rings is 1. The molecule has 9 nitrogen and oxygen atoms in total. The van der Waals surface area contributed by atoms with Crippen LogP contribution in [0.1, 0.15) is 72.2 Å². The quantitative estimate of drug-likeness (QED) is 0.191. The number of rotatable bonds is 12. The highest BCUT2D eigenvalue weighted by atomic mass is 19.4. The Balaban J connectivity index is 1.82. The van der Waals surface area contributed by atoms with Crippen molar-refractivity contribution in [1.29, 1.82) is 0 Å². The molecule has 0 aliphatic heterocycles. The van der Waals surface area contributed by atoms with Gasteiger partial charge in [-0.3, -0.25) is 14.4 Å². The van der Waals surface area contributed by atoms with E-state index in [2.05, 4.69) is 22.4 Å². The van der Waals surface area contributed by atoms with Gasteiger partial charge in [0, 0.05) is 43.0 Å². The number of amides is 1. The molecule has 4 aromatic rings. The third-order valence-electron chi connectivity index (χ3n) is 8.18. The highest BCUT2D eigenvalue weighted by Crippen LogP contribution is 2.35. The van der Waals surface area contributed by atoms with Gasteiger partial charge in [0.15, 0.2) is 0 Å². The summed E-state index contributed by atoms with van der Waals surface area (Å²) in [4.78, 5) is 45.6. The zero-order valence-electron chi connectivity index (χ0n) is 27.8. The van der Waals surface area contributed by atoms with Gasteiger partial charge in [0.05, 0.1) is 18.0 Å². The molecule has 0 saturated heterocycles. The summed E-state index contributed by atoms with van der Waals surface area (Å²) in [5.41, 5.74) is 3.86. The minimum Gasteiger partial charge on any atom is -0.481 e. The van der Waals surface area contributed by atoms with Crippen molar-refractivity contribution in [3.05, 3.63) is 92.8 Å². The number of alkyl halides is 3. The lowest BCUT2D eigenvalue weighted by atomic mass is 9.92. The Morgan fingerprint density at radius 1 is 1.04 bits per heavy atom. The van der Waals surface area contributed by atoms with E-state index in [1.54, 1.807) is 42.0 Å². The second-order valence-corrected chi connectivity index (χ2v) is 12.9. The predicted molar refractivity (Wildman–Crippen MR) is 174 cm³/mol. The van der Waals surface area contributed by atoms with Crippen LogP contribution in [-0.2, 0) is 22.2 Å². The highest BCUT2D eigenvalue weighted by Gasteiger charge is 2.36. The van der Waals surface area contributed by atoms with Gasteiger partial charge < -0.3 is 24.3 Å². The molecule has 252 valence electrons. The number of nitrogens with one attached hydrogen (secondary N) is 1. The monoisotopic (exact) mass is 653 g/mol. The summed E-state index contributed by atoms with van der Waals surface area (Å²) in [6.45, 7) is 9.95. The van der Waals surface area contributed by atoms with E-state index in [-0.39, 0.29) is 24.3 Å².